The van der Waals surface area contributed by atoms with Crippen molar-refractivity contribution in [2.45, 2.75) is 25.7 Å². The lowest BCUT2D eigenvalue weighted by Gasteiger charge is -2.29. The highest BCUT2D eigenvalue weighted by Crippen LogP contribution is 2.38. The molecule has 0 radical (unpaired) electrons. The van der Waals surface area contributed by atoms with Gasteiger partial charge in [0.15, 0.2) is 5.41 Å². The van der Waals surface area contributed by atoms with Crippen molar-refractivity contribution in [2.24, 2.45) is 5.41 Å². The molecule has 1 aliphatic rings. The number of rotatable bonds is 2. The SMILES string of the molecule is C=C1CCC(C(=O)O)(C(=O)O)CC1. The zero-order valence-corrected chi connectivity index (χ0v) is 7.25. The molecule has 72 valence electrons. The molecule has 0 unspecified atom stereocenters. The predicted octanol–water partition coefficient (Wildman–Crippen LogP) is 1.27. The maximum atomic E-state index is 10.8. The minimum Gasteiger partial charge on any atom is -0.480 e. The lowest BCUT2D eigenvalue weighted by atomic mass is 9.73. The third kappa shape index (κ3) is 1.56. The van der Waals surface area contributed by atoms with Crippen molar-refractivity contribution in [2.75, 3.05) is 0 Å². The second kappa shape index (κ2) is 3.20. The summed E-state index contributed by atoms with van der Waals surface area (Å²) in [6.07, 6.45) is 1.32. The number of aliphatic carboxylic acids is 2. The third-order valence-electron chi connectivity index (χ3n) is 2.63. The van der Waals surface area contributed by atoms with Crippen molar-refractivity contribution in [3.05, 3.63) is 12.2 Å². The van der Waals surface area contributed by atoms with Gasteiger partial charge in [0, 0.05) is 0 Å². The first-order valence-corrected chi connectivity index (χ1v) is 4.12. The van der Waals surface area contributed by atoms with E-state index < -0.39 is 17.4 Å². The van der Waals surface area contributed by atoms with Crippen LogP contribution in [0.5, 0.6) is 0 Å². The fourth-order valence-corrected chi connectivity index (χ4v) is 1.55. The lowest BCUT2D eigenvalue weighted by Crippen LogP contribution is -2.41. The van der Waals surface area contributed by atoms with Gasteiger partial charge in [0.2, 0.25) is 0 Å². The van der Waals surface area contributed by atoms with Gasteiger partial charge in [-0.3, -0.25) is 9.59 Å². The molecule has 1 aliphatic carbocycles. The second-order valence-electron chi connectivity index (χ2n) is 3.44. The molecule has 13 heavy (non-hydrogen) atoms. The molecule has 0 aromatic carbocycles. The van der Waals surface area contributed by atoms with E-state index in [4.69, 9.17) is 10.2 Å². The number of carboxylic acid groups (broad SMARTS) is 2. The Morgan fingerprint density at radius 2 is 1.54 bits per heavy atom. The first-order chi connectivity index (χ1) is 5.99. The molecule has 1 rings (SSSR count). The van der Waals surface area contributed by atoms with Gasteiger partial charge in [0.05, 0.1) is 0 Å². The number of hydrogen-bond donors (Lipinski definition) is 2. The van der Waals surface area contributed by atoms with Gasteiger partial charge in [0.1, 0.15) is 0 Å². The molecular formula is C9H12O4. The van der Waals surface area contributed by atoms with Crippen LogP contribution in [0.15, 0.2) is 12.2 Å². The fourth-order valence-electron chi connectivity index (χ4n) is 1.55. The van der Waals surface area contributed by atoms with Crippen molar-refractivity contribution in [1.82, 2.24) is 0 Å². The molecule has 2 N–H and O–H groups in total. The normalized spacial score (nSPS) is 21.1. The van der Waals surface area contributed by atoms with Crippen LogP contribution in [0.2, 0.25) is 0 Å². The lowest BCUT2D eigenvalue weighted by molar-refractivity contribution is -0.166. The Balaban J connectivity index is 2.87. The van der Waals surface area contributed by atoms with Crippen molar-refractivity contribution in [3.8, 4) is 0 Å². The zero-order valence-electron chi connectivity index (χ0n) is 7.25. The summed E-state index contributed by atoms with van der Waals surface area (Å²) in [5, 5.41) is 17.7. The van der Waals surface area contributed by atoms with Crippen LogP contribution in [-0.4, -0.2) is 22.2 Å². The molecule has 4 nitrogen and oxygen atoms in total. The van der Waals surface area contributed by atoms with Gasteiger partial charge < -0.3 is 10.2 Å². The van der Waals surface area contributed by atoms with Gasteiger partial charge in [-0.15, -0.1) is 0 Å². The second-order valence-corrected chi connectivity index (χ2v) is 3.44. The van der Waals surface area contributed by atoms with E-state index in [1.807, 2.05) is 0 Å². The van der Waals surface area contributed by atoms with E-state index in [-0.39, 0.29) is 12.8 Å². The van der Waals surface area contributed by atoms with Crippen molar-refractivity contribution in [1.29, 1.82) is 0 Å². The van der Waals surface area contributed by atoms with E-state index in [0.717, 1.165) is 5.57 Å². The maximum Gasteiger partial charge on any atom is 0.321 e. The topological polar surface area (TPSA) is 74.6 Å². The predicted molar refractivity (Wildman–Crippen MR) is 45.3 cm³/mol. The van der Waals surface area contributed by atoms with Crippen molar-refractivity contribution < 1.29 is 19.8 Å². The van der Waals surface area contributed by atoms with E-state index in [2.05, 4.69) is 6.58 Å². The van der Waals surface area contributed by atoms with Gasteiger partial charge in [0.25, 0.3) is 0 Å². The molecule has 0 heterocycles. The molecule has 0 aliphatic heterocycles. The summed E-state index contributed by atoms with van der Waals surface area (Å²) in [5.74, 6) is -2.46. The summed E-state index contributed by atoms with van der Waals surface area (Å²) in [6.45, 7) is 3.71. The highest BCUT2D eigenvalue weighted by atomic mass is 16.4. The Kier molecular flexibility index (Phi) is 2.40. The van der Waals surface area contributed by atoms with Gasteiger partial charge in [-0.05, 0) is 25.7 Å². The molecule has 0 aromatic heterocycles. The van der Waals surface area contributed by atoms with Crippen LogP contribution in [0.3, 0.4) is 0 Å². The molecular weight excluding hydrogens is 172 g/mol. The molecule has 0 bridgehead atoms. The van der Waals surface area contributed by atoms with Crippen LogP contribution in [0.4, 0.5) is 0 Å². The monoisotopic (exact) mass is 184 g/mol. The summed E-state index contributed by atoms with van der Waals surface area (Å²) in [7, 11) is 0. The van der Waals surface area contributed by atoms with Crippen LogP contribution >= 0.6 is 0 Å². The minimum atomic E-state index is -1.57. The van der Waals surface area contributed by atoms with Crippen LogP contribution in [0.25, 0.3) is 0 Å². The Morgan fingerprint density at radius 3 is 1.85 bits per heavy atom. The van der Waals surface area contributed by atoms with E-state index in [1.165, 1.54) is 0 Å². The summed E-state index contributed by atoms with van der Waals surface area (Å²) in [5.41, 5.74) is -0.626. The highest BCUT2D eigenvalue weighted by Gasteiger charge is 2.47. The van der Waals surface area contributed by atoms with Crippen molar-refractivity contribution >= 4 is 11.9 Å². The van der Waals surface area contributed by atoms with Gasteiger partial charge in [-0.1, -0.05) is 12.2 Å². The quantitative estimate of drug-likeness (QED) is 0.500. The molecule has 0 spiro atoms. The Bertz CT molecular complexity index is 241. The van der Waals surface area contributed by atoms with E-state index >= 15 is 0 Å². The van der Waals surface area contributed by atoms with Gasteiger partial charge >= 0.3 is 11.9 Å². The number of carbonyl (C=O) groups is 2. The summed E-state index contributed by atoms with van der Waals surface area (Å²) < 4.78 is 0. The fraction of sp³-hybridized carbons (Fsp3) is 0.556. The molecule has 1 saturated carbocycles. The molecule has 1 fully saturated rings. The van der Waals surface area contributed by atoms with Crippen molar-refractivity contribution in [3.63, 3.8) is 0 Å². The zero-order chi connectivity index (χ0) is 10.1. The van der Waals surface area contributed by atoms with Crippen LogP contribution in [0.1, 0.15) is 25.7 Å². The van der Waals surface area contributed by atoms with Crippen LogP contribution < -0.4 is 0 Å². The van der Waals surface area contributed by atoms with Crippen LogP contribution in [-0.2, 0) is 9.59 Å². The molecule has 0 amide bonds. The molecule has 0 aromatic rings. The Hall–Kier alpha value is -1.32. The first-order valence-electron chi connectivity index (χ1n) is 4.12. The summed E-state index contributed by atoms with van der Waals surface area (Å²) in [4.78, 5) is 21.6. The Morgan fingerprint density at radius 1 is 1.15 bits per heavy atom. The van der Waals surface area contributed by atoms with E-state index in [0.29, 0.717) is 12.8 Å². The summed E-state index contributed by atoms with van der Waals surface area (Å²) in [6, 6.07) is 0. The van der Waals surface area contributed by atoms with Crippen LogP contribution in [0, 0.1) is 5.41 Å². The average Bonchev–Trinajstić information content (AvgIpc) is 2.04. The minimum absolute atomic E-state index is 0.163. The van der Waals surface area contributed by atoms with E-state index in [9.17, 15) is 9.59 Å². The maximum absolute atomic E-state index is 10.8. The standard InChI is InChI=1S/C9H12O4/c1-6-2-4-9(5-3-6,7(10)11)8(12)13/h1-5H2,(H,10,11)(H,12,13). The van der Waals surface area contributed by atoms with Gasteiger partial charge in [-0.2, -0.15) is 0 Å². The third-order valence-corrected chi connectivity index (χ3v) is 2.63. The molecule has 0 saturated heterocycles. The average molecular weight is 184 g/mol. The molecule has 4 heteroatoms. The summed E-state index contributed by atoms with van der Waals surface area (Å²) >= 11 is 0. The van der Waals surface area contributed by atoms with Gasteiger partial charge in [-0.25, -0.2) is 0 Å². The smallest absolute Gasteiger partial charge is 0.321 e. The first kappa shape index (κ1) is 9.77. The number of carboxylic acids is 2. The largest absolute Gasteiger partial charge is 0.480 e. The highest BCUT2D eigenvalue weighted by molar-refractivity contribution is 5.98. The number of hydrogen-bond acceptors (Lipinski definition) is 2. The number of allylic oxidation sites excluding steroid dienone is 1. The van der Waals surface area contributed by atoms with E-state index in [1.54, 1.807) is 0 Å². The Labute approximate surface area is 75.9 Å². The molecule has 0 atom stereocenters.